The lowest BCUT2D eigenvalue weighted by atomic mass is 9.91. The molecule has 1 heteroatoms. The summed E-state index contributed by atoms with van der Waals surface area (Å²) in [5.74, 6) is 0.843. The van der Waals surface area contributed by atoms with Crippen LogP contribution < -0.4 is 5.32 Å². The summed E-state index contributed by atoms with van der Waals surface area (Å²) in [5.41, 5.74) is 3.25. The van der Waals surface area contributed by atoms with Crippen molar-refractivity contribution in [2.45, 2.75) is 56.9 Å². The van der Waals surface area contributed by atoms with E-state index in [1.54, 1.807) is 11.1 Å². The van der Waals surface area contributed by atoms with Crippen LogP contribution in [0, 0.1) is 0 Å². The summed E-state index contributed by atoms with van der Waals surface area (Å²) in [5, 5.41) is 3.67. The Morgan fingerprint density at radius 1 is 1.06 bits per heavy atom. The Labute approximate surface area is 105 Å². The zero-order valence-corrected chi connectivity index (χ0v) is 10.6. The summed E-state index contributed by atoms with van der Waals surface area (Å²) in [6.45, 7) is 1.24. The van der Waals surface area contributed by atoms with Gasteiger partial charge in [0, 0.05) is 6.04 Å². The molecule has 1 aromatic carbocycles. The molecule has 1 heterocycles. The van der Waals surface area contributed by atoms with Crippen molar-refractivity contribution in [2.75, 3.05) is 6.54 Å². The van der Waals surface area contributed by atoms with Crippen LogP contribution in [0.3, 0.4) is 0 Å². The number of piperidine rings is 1. The fraction of sp³-hybridized carbons (Fsp3) is 0.625. The highest BCUT2D eigenvalue weighted by molar-refractivity contribution is 5.34. The van der Waals surface area contributed by atoms with Crippen molar-refractivity contribution in [1.29, 1.82) is 0 Å². The van der Waals surface area contributed by atoms with Gasteiger partial charge in [0.05, 0.1) is 0 Å². The SMILES string of the molecule is c1ccc2c(c1)CCC2CCC1CCCCN1. The van der Waals surface area contributed by atoms with Crippen molar-refractivity contribution < 1.29 is 0 Å². The van der Waals surface area contributed by atoms with Gasteiger partial charge in [-0.15, -0.1) is 0 Å². The minimum atomic E-state index is 0.802. The number of hydrogen-bond acceptors (Lipinski definition) is 1. The maximum absolute atomic E-state index is 3.67. The molecule has 2 atom stereocenters. The van der Waals surface area contributed by atoms with Gasteiger partial charge >= 0.3 is 0 Å². The lowest BCUT2D eigenvalue weighted by Crippen LogP contribution is -2.34. The number of fused-ring (bicyclic) bond motifs is 1. The first-order chi connectivity index (χ1) is 8.43. The van der Waals surface area contributed by atoms with Gasteiger partial charge in [-0.25, -0.2) is 0 Å². The summed E-state index contributed by atoms with van der Waals surface area (Å²) in [6.07, 6.45) is 9.65. The largest absolute Gasteiger partial charge is 0.314 e. The fourth-order valence-electron chi connectivity index (χ4n) is 3.52. The van der Waals surface area contributed by atoms with Gasteiger partial charge in [-0.3, -0.25) is 0 Å². The smallest absolute Gasteiger partial charge is 0.00672 e. The first-order valence-corrected chi connectivity index (χ1v) is 7.24. The fourth-order valence-corrected chi connectivity index (χ4v) is 3.52. The highest BCUT2D eigenvalue weighted by Gasteiger charge is 2.23. The molecule has 1 saturated heterocycles. The van der Waals surface area contributed by atoms with Crippen LogP contribution in [0.25, 0.3) is 0 Å². The Morgan fingerprint density at radius 3 is 2.88 bits per heavy atom. The van der Waals surface area contributed by atoms with E-state index in [-0.39, 0.29) is 0 Å². The molecule has 3 rings (SSSR count). The van der Waals surface area contributed by atoms with E-state index in [1.807, 2.05) is 0 Å². The average molecular weight is 229 g/mol. The first-order valence-electron chi connectivity index (χ1n) is 7.24. The molecule has 0 aromatic heterocycles. The van der Waals surface area contributed by atoms with E-state index in [4.69, 9.17) is 0 Å². The van der Waals surface area contributed by atoms with E-state index in [2.05, 4.69) is 29.6 Å². The second-order valence-electron chi connectivity index (χ2n) is 5.66. The van der Waals surface area contributed by atoms with E-state index in [1.165, 1.54) is 51.5 Å². The zero-order chi connectivity index (χ0) is 11.5. The second kappa shape index (κ2) is 5.22. The number of nitrogens with one attached hydrogen (secondary N) is 1. The van der Waals surface area contributed by atoms with Crippen LogP contribution in [0.15, 0.2) is 24.3 Å². The third-order valence-electron chi connectivity index (χ3n) is 4.53. The molecule has 0 radical (unpaired) electrons. The van der Waals surface area contributed by atoms with Crippen LogP contribution in [0.5, 0.6) is 0 Å². The Kier molecular flexibility index (Phi) is 3.46. The summed E-state index contributed by atoms with van der Waals surface area (Å²) in [4.78, 5) is 0. The normalized spacial score (nSPS) is 28.0. The predicted octanol–water partition coefficient (Wildman–Crippen LogP) is 3.64. The quantitative estimate of drug-likeness (QED) is 0.834. The standard InChI is InChI=1S/C16H23N/c1-2-7-16-13(5-1)8-9-14(16)10-11-15-6-3-4-12-17-15/h1-2,5,7,14-15,17H,3-4,6,8-12H2. The molecular weight excluding hydrogens is 206 g/mol. The monoisotopic (exact) mass is 229 g/mol. The lowest BCUT2D eigenvalue weighted by Gasteiger charge is -2.24. The van der Waals surface area contributed by atoms with Crippen LogP contribution in [0.2, 0.25) is 0 Å². The molecule has 1 nitrogen and oxygen atoms in total. The van der Waals surface area contributed by atoms with Gasteiger partial charge in [0.15, 0.2) is 0 Å². The van der Waals surface area contributed by atoms with Crippen molar-refractivity contribution in [3.63, 3.8) is 0 Å². The van der Waals surface area contributed by atoms with Gasteiger partial charge < -0.3 is 5.32 Å². The van der Waals surface area contributed by atoms with E-state index in [0.717, 1.165) is 12.0 Å². The van der Waals surface area contributed by atoms with Crippen molar-refractivity contribution in [3.8, 4) is 0 Å². The Bertz CT molecular complexity index is 366. The highest BCUT2D eigenvalue weighted by Crippen LogP contribution is 2.36. The summed E-state index contributed by atoms with van der Waals surface area (Å²) in [6, 6.07) is 9.85. The lowest BCUT2D eigenvalue weighted by molar-refractivity contribution is 0.365. The van der Waals surface area contributed by atoms with Crippen molar-refractivity contribution >= 4 is 0 Å². The van der Waals surface area contributed by atoms with E-state index in [0.29, 0.717) is 0 Å². The molecule has 1 N–H and O–H groups in total. The molecule has 92 valence electrons. The van der Waals surface area contributed by atoms with Crippen LogP contribution in [0.4, 0.5) is 0 Å². The predicted molar refractivity (Wildman–Crippen MR) is 72.4 cm³/mol. The van der Waals surface area contributed by atoms with Crippen molar-refractivity contribution in [3.05, 3.63) is 35.4 Å². The molecule has 2 aliphatic rings. The van der Waals surface area contributed by atoms with Gasteiger partial charge in [0.25, 0.3) is 0 Å². The maximum Gasteiger partial charge on any atom is 0.00672 e. The van der Waals surface area contributed by atoms with E-state index >= 15 is 0 Å². The minimum Gasteiger partial charge on any atom is -0.314 e. The van der Waals surface area contributed by atoms with Crippen LogP contribution >= 0.6 is 0 Å². The molecule has 2 unspecified atom stereocenters. The third-order valence-corrected chi connectivity index (χ3v) is 4.53. The van der Waals surface area contributed by atoms with Crippen LogP contribution in [-0.4, -0.2) is 12.6 Å². The molecule has 0 saturated carbocycles. The van der Waals surface area contributed by atoms with E-state index < -0.39 is 0 Å². The third kappa shape index (κ3) is 2.55. The number of hydrogen-bond donors (Lipinski definition) is 1. The van der Waals surface area contributed by atoms with Gasteiger partial charge in [0.1, 0.15) is 0 Å². The zero-order valence-electron chi connectivity index (χ0n) is 10.6. The second-order valence-corrected chi connectivity index (χ2v) is 5.66. The molecule has 0 bridgehead atoms. The van der Waals surface area contributed by atoms with Crippen LogP contribution in [0.1, 0.15) is 55.6 Å². The molecule has 17 heavy (non-hydrogen) atoms. The molecule has 0 spiro atoms. The minimum absolute atomic E-state index is 0.802. The molecule has 1 aromatic rings. The molecule has 1 fully saturated rings. The van der Waals surface area contributed by atoms with Gasteiger partial charge in [0.2, 0.25) is 0 Å². The maximum atomic E-state index is 3.67. The van der Waals surface area contributed by atoms with Crippen molar-refractivity contribution in [2.24, 2.45) is 0 Å². The molecule has 0 amide bonds. The number of rotatable bonds is 3. The van der Waals surface area contributed by atoms with Gasteiger partial charge in [-0.05, 0) is 62.1 Å². The summed E-state index contributed by atoms with van der Waals surface area (Å²) >= 11 is 0. The molecule has 1 aliphatic carbocycles. The molecular formula is C16H23N. The van der Waals surface area contributed by atoms with E-state index in [9.17, 15) is 0 Å². The average Bonchev–Trinajstić information content (AvgIpc) is 2.81. The van der Waals surface area contributed by atoms with Gasteiger partial charge in [-0.2, -0.15) is 0 Å². The highest BCUT2D eigenvalue weighted by atomic mass is 14.9. The number of aryl methyl sites for hydroxylation is 1. The summed E-state index contributed by atoms with van der Waals surface area (Å²) in [7, 11) is 0. The number of benzene rings is 1. The van der Waals surface area contributed by atoms with Gasteiger partial charge in [-0.1, -0.05) is 30.7 Å². The first kappa shape index (κ1) is 11.3. The Morgan fingerprint density at radius 2 is 2.00 bits per heavy atom. The summed E-state index contributed by atoms with van der Waals surface area (Å²) < 4.78 is 0. The van der Waals surface area contributed by atoms with Crippen LogP contribution in [-0.2, 0) is 6.42 Å². The topological polar surface area (TPSA) is 12.0 Å². The molecule has 1 aliphatic heterocycles. The van der Waals surface area contributed by atoms with Crippen molar-refractivity contribution in [1.82, 2.24) is 5.32 Å². The Balaban J connectivity index is 1.56. The Hall–Kier alpha value is -0.820.